The van der Waals surface area contributed by atoms with E-state index in [4.69, 9.17) is 14.5 Å². The van der Waals surface area contributed by atoms with Gasteiger partial charge in [-0.05, 0) is 26.2 Å². The highest BCUT2D eigenvalue weighted by atomic mass is 127. The third kappa shape index (κ3) is 5.44. The molecule has 0 aromatic rings. The molecule has 0 bridgehead atoms. The molecule has 0 radical (unpaired) electrons. The molecule has 6 nitrogen and oxygen atoms in total. The van der Waals surface area contributed by atoms with E-state index in [1.165, 1.54) is 12.8 Å². The van der Waals surface area contributed by atoms with E-state index in [1.807, 2.05) is 0 Å². The molecule has 3 heterocycles. The molecule has 23 heavy (non-hydrogen) atoms. The smallest absolute Gasteiger partial charge is 0.194 e. The average Bonchev–Trinajstić information content (AvgIpc) is 3.24. The number of rotatable bonds is 4. The highest BCUT2D eigenvalue weighted by molar-refractivity contribution is 14.0. The summed E-state index contributed by atoms with van der Waals surface area (Å²) >= 11 is 0. The van der Waals surface area contributed by atoms with E-state index in [0.29, 0.717) is 12.1 Å². The highest BCUT2D eigenvalue weighted by Crippen LogP contribution is 2.18. The summed E-state index contributed by atoms with van der Waals surface area (Å²) in [6.45, 7) is 10.8. The first-order chi connectivity index (χ1) is 10.9. The monoisotopic (exact) mass is 438 g/mol. The number of guanidine groups is 1. The molecule has 0 aliphatic carbocycles. The van der Waals surface area contributed by atoms with Gasteiger partial charge in [-0.15, -0.1) is 24.0 Å². The lowest BCUT2D eigenvalue weighted by Crippen LogP contribution is -2.46. The lowest BCUT2D eigenvalue weighted by Gasteiger charge is -2.32. The van der Waals surface area contributed by atoms with Crippen molar-refractivity contribution in [1.29, 1.82) is 0 Å². The van der Waals surface area contributed by atoms with Gasteiger partial charge < -0.3 is 19.7 Å². The van der Waals surface area contributed by atoms with Crippen LogP contribution in [0, 0.1) is 0 Å². The fourth-order valence-corrected chi connectivity index (χ4v) is 3.58. The quantitative estimate of drug-likeness (QED) is 0.406. The number of nitrogens with one attached hydrogen (secondary N) is 1. The fraction of sp³-hybridized carbons (Fsp3) is 0.938. The van der Waals surface area contributed by atoms with Gasteiger partial charge in [0.15, 0.2) is 5.96 Å². The largest absolute Gasteiger partial charge is 0.379 e. The van der Waals surface area contributed by atoms with Crippen molar-refractivity contribution in [3.63, 3.8) is 0 Å². The Labute approximate surface area is 157 Å². The number of aliphatic imine (C=N–C) groups is 1. The second-order valence-electron chi connectivity index (χ2n) is 6.37. The van der Waals surface area contributed by atoms with Crippen LogP contribution in [0.3, 0.4) is 0 Å². The van der Waals surface area contributed by atoms with Crippen LogP contribution in [0.15, 0.2) is 4.99 Å². The van der Waals surface area contributed by atoms with Crippen LogP contribution in [0.4, 0.5) is 0 Å². The Morgan fingerprint density at radius 3 is 2.70 bits per heavy atom. The van der Waals surface area contributed by atoms with Crippen molar-refractivity contribution < 1.29 is 9.47 Å². The van der Waals surface area contributed by atoms with Crippen LogP contribution in [0.5, 0.6) is 0 Å². The Kier molecular flexibility index (Phi) is 8.35. The van der Waals surface area contributed by atoms with Crippen LogP contribution in [0.2, 0.25) is 0 Å². The molecular weight excluding hydrogens is 407 g/mol. The van der Waals surface area contributed by atoms with Gasteiger partial charge in [0.1, 0.15) is 0 Å². The minimum Gasteiger partial charge on any atom is -0.379 e. The third-order valence-corrected chi connectivity index (χ3v) is 4.83. The maximum absolute atomic E-state index is 5.68. The molecule has 3 rings (SSSR count). The molecule has 0 spiro atoms. The van der Waals surface area contributed by atoms with E-state index in [-0.39, 0.29) is 24.0 Å². The van der Waals surface area contributed by atoms with Gasteiger partial charge in [-0.3, -0.25) is 9.89 Å². The Bertz CT molecular complexity index is 371. The first kappa shape index (κ1) is 19.2. The minimum absolute atomic E-state index is 0. The van der Waals surface area contributed by atoms with E-state index in [9.17, 15) is 0 Å². The van der Waals surface area contributed by atoms with Gasteiger partial charge in [0.2, 0.25) is 0 Å². The maximum Gasteiger partial charge on any atom is 0.194 e. The molecule has 134 valence electrons. The van der Waals surface area contributed by atoms with Crippen LogP contribution < -0.4 is 5.32 Å². The highest BCUT2D eigenvalue weighted by Gasteiger charge is 2.30. The normalized spacial score (nSPS) is 29.6. The molecule has 0 aromatic carbocycles. The molecule has 3 aliphatic rings. The van der Waals surface area contributed by atoms with Crippen molar-refractivity contribution in [3.8, 4) is 0 Å². The van der Waals surface area contributed by atoms with Crippen LogP contribution in [0.25, 0.3) is 0 Å². The number of likely N-dealkylation sites (tertiary alicyclic amines) is 1. The van der Waals surface area contributed by atoms with Crippen molar-refractivity contribution in [2.24, 2.45) is 4.99 Å². The summed E-state index contributed by atoms with van der Waals surface area (Å²) < 4.78 is 11.1. The molecule has 2 atom stereocenters. The van der Waals surface area contributed by atoms with E-state index in [0.717, 1.165) is 71.5 Å². The molecule has 3 saturated heterocycles. The number of halogens is 1. The van der Waals surface area contributed by atoms with Gasteiger partial charge in [0.25, 0.3) is 0 Å². The molecule has 0 aromatic heterocycles. The number of morpholine rings is 1. The Morgan fingerprint density at radius 2 is 2.00 bits per heavy atom. The van der Waals surface area contributed by atoms with E-state index in [1.54, 1.807) is 0 Å². The molecule has 3 aliphatic heterocycles. The van der Waals surface area contributed by atoms with Crippen LogP contribution >= 0.6 is 24.0 Å². The number of nitrogens with zero attached hydrogens (tertiary/aromatic N) is 3. The fourth-order valence-electron chi connectivity index (χ4n) is 3.58. The molecule has 3 fully saturated rings. The van der Waals surface area contributed by atoms with Crippen LogP contribution in [-0.2, 0) is 9.47 Å². The van der Waals surface area contributed by atoms with Gasteiger partial charge in [0, 0.05) is 45.4 Å². The van der Waals surface area contributed by atoms with Crippen LogP contribution in [-0.4, -0.2) is 87.0 Å². The van der Waals surface area contributed by atoms with Gasteiger partial charge in [0.05, 0.1) is 25.9 Å². The first-order valence-corrected chi connectivity index (χ1v) is 8.83. The van der Waals surface area contributed by atoms with E-state index in [2.05, 4.69) is 22.0 Å². The van der Waals surface area contributed by atoms with Crippen molar-refractivity contribution >= 4 is 29.9 Å². The van der Waals surface area contributed by atoms with Crippen molar-refractivity contribution in [2.45, 2.75) is 38.3 Å². The number of hydrogen-bond donors (Lipinski definition) is 1. The lowest BCUT2D eigenvalue weighted by molar-refractivity contribution is 0.0194. The Balaban J connectivity index is 0.00000192. The SMILES string of the molecule is CCNC(=NCC1CCCO1)N1CCC(N2CCOCC2)C1.I. The Hall–Kier alpha value is -0.120. The summed E-state index contributed by atoms with van der Waals surface area (Å²) in [5.74, 6) is 1.06. The van der Waals surface area contributed by atoms with E-state index >= 15 is 0 Å². The predicted octanol–water partition coefficient (Wildman–Crippen LogP) is 1.16. The summed E-state index contributed by atoms with van der Waals surface area (Å²) in [7, 11) is 0. The zero-order valence-corrected chi connectivity index (χ0v) is 16.5. The molecule has 0 amide bonds. The molecule has 0 saturated carbocycles. The van der Waals surface area contributed by atoms with E-state index < -0.39 is 0 Å². The third-order valence-electron chi connectivity index (χ3n) is 4.83. The zero-order chi connectivity index (χ0) is 15.2. The Morgan fingerprint density at radius 1 is 1.17 bits per heavy atom. The van der Waals surface area contributed by atoms with Crippen molar-refractivity contribution in [2.75, 3.05) is 59.1 Å². The average molecular weight is 438 g/mol. The summed E-state index contributed by atoms with van der Waals surface area (Å²) in [5.41, 5.74) is 0. The summed E-state index contributed by atoms with van der Waals surface area (Å²) in [5, 5.41) is 3.45. The second kappa shape index (κ2) is 10.0. The lowest BCUT2D eigenvalue weighted by atomic mass is 10.2. The van der Waals surface area contributed by atoms with Gasteiger partial charge in [-0.2, -0.15) is 0 Å². The van der Waals surface area contributed by atoms with Crippen LogP contribution in [0.1, 0.15) is 26.2 Å². The molecule has 7 heteroatoms. The van der Waals surface area contributed by atoms with Gasteiger partial charge >= 0.3 is 0 Å². The zero-order valence-electron chi connectivity index (χ0n) is 14.2. The van der Waals surface area contributed by atoms with Gasteiger partial charge in [-0.1, -0.05) is 0 Å². The first-order valence-electron chi connectivity index (χ1n) is 8.83. The molecule has 1 N–H and O–H groups in total. The van der Waals surface area contributed by atoms with Crippen molar-refractivity contribution in [3.05, 3.63) is 0 Å². The standard InChI is InChI=1S/C16H30N4O2.HI/c1-2-17-16(18-12-15-4-3-9-22-15)20-6-5-14(13-20)19-7-10-21-11-8-19;/h14-15H,2-13H2,1H3,(H,17,18);1H. The summed E-state index contributed by atoms with van der Waals surface area (Å²) in [4.78, 5) is 9.81. The van der Waals surface area contributed by atoms with Crippen molar-refractivity contribution in [1.82, 2.24) is 15.1 Å². The number of hydrogen-bond acceptors (Lipinski definition) is 4. The second-order valence-corrected chi connectivity index (χ2v) is 6.37. The molecular formula is C16H31IN4O2. The topological polar surface area (TPSA) is 49.3 Å². The predicted molar refractivity (Wildman–Crippen MR) is 103 cm³/mol. The molecule has 2 unspecified atom stereocenters. The summed E-state index contributed by atoms with van der Waals surface area (Å²) in [6, 6.07) is 0.649. The summed E-state index contributed by atoms with van der Waals surface area (Å²) in [6.07, 6.45) is 3.88. The van der Waals surface area contributed by atoms with Gasteiger partial charge in [-0.25, -0.2) is 0 Å². The number of ether oxygens (including phenoxy) is 2. The minimum atomic E-state index is 0. The maximum atomic E-state index is 5.68.